The third-order valence-corrected chi connectivity index (χ3v) is 3.90. The van der Waals surface area contributed by atoms with E-state index in [9.17, 15) is 9.59 Å². The number of amides is 2. The first kappa shape index (κ1) is 20.1. The molecule has 0 aliphatic heterocycles. The van der Waals surface area contributed by atoms with Gasteiger partial charge in [0.15, 0.2) is 11.5 Å². The Morgan fingerprint density at radius 2 is 1.85 bits per heavy atom. The number of ether oxygens (including phenoxy) is 2. The topological polar surface area (TPSA) is 96.9 Å². The number of urea groups is 1. The Morgan fingerprint density at radius 1 is 1.11 bits per heavy atom. The van der Waals surface area contributed by atoms with Crippen LogP contribution < -0.4 is 20.1 Å². The van der Waals surface area contributed by atoms with Gasteiger partial charge >= 0.3 is 12.0 Å². The van der Waals surface area contributed by atoms with Crippen LogP contribution in [-0.2, 0) is 11.4 Å². The summed E-state index contributed by atoms with van der Waals surface area (Å²) in [5.74, 6) is 0.228. The number of carbonyl (C=O) groups is 2. The van der Waals surface area contributed by atoms with Crippen molar-refractivity contribution in [3.05, 3.63) is 59.7 Å². The second kappa shape index (κ2) is 10.1. The van der Waals surface area contributed by atoms with Gasteiger partial charge in [-0.3, -0.25) is 4.79 Å². The van der Waals surface area contributed by atoms with E-state index >= 15 is 0 Å². The van der Waals surface area contributed by atoms with Gasteiger partial charge in [0, 0.05) is 6.54 Å². The van der Waals surface area contributed by atoms with E-state index in [0.717, 1.165) is 11.1 Å². The lowest BCUT2D eigenvalue weighted by Gasteiger charge is -2.17. The van der Waals surface area contributed by atoms with Gasteiger partial charge in [0.25, 0.3) is 0 Å². The number of carboxylic acids is 1. The van der Waals surface area contributed by atoms with Crippen LogP contribution in [0.3, 0.4) is 0 Å². The molecule has 0 aliphatic carbocycles. The second-order valence-corrected chi connectivity index (χ2v) is 5.95. The zero-order valence-electron chi connectivity index (χ0n) is 15.4. The molecule has 144 valence electrons. The van der Waals surface area contributed by atoms with Gasteiger partial charge in [0.1, 0.15) is 6.61 Å². The van der Waals surface area contributed by atoms with Crippen LogP contribution in [0.1, 0.15) is 30.5 Å². The van der Waals surface area contributed by atoms with Crippen LogP contribution in [0.5, 0.6) is 11.5 Å². The molecule has 0 bridgehead atoms. The molecule has 1 atom stereocenters. The molecule has 2 aromatic carbocycles. The second-order valence-electron chi connectivity index (χ2n) is 5.95. The lowest BCUT2D eigenvalue weighted by Crippen LogP contribution is -2.38. The summed E-state index contributed by atoms with van der Waals surface area (Å²) in [7, 11) is 1.56. The molecule has 0 spiro atoms. The molecule has 0 heterocycles. The van der Waals surface area contributed by atoms with Crippen LogP contribution in [0.25, 0.3) is 0 Å². The number of hydrogen-bond acceptors (Lipinski definition) is 4. The van der Waals surface area contributed by atoms with Crippen molar-refractivity contribution in [2.75, 3.05) is 13.7 Å². The molecule has 0 aromatic heterocycles. The van der Waals surface area contributed by atoms with E-state index in [1.807, 2.05) is 49.4 Å². The third-order valence-electron chi connectivity index (χ3n) is 3.90. The molecular formula is C20H24N2O5. The summed E-state index contributed by atoms with van der Waals surface area (Å²) < 4.78 is 11.2. The Labute approximate surface area is 158 Å². The van der Waals surface area contributed by atoms with Crippen LogP contribution >= 0.6 is 0 Å². The highest BCUT2D eigenvalue weighted by molar-refractivity contribution is 5.75. The van der Waals surface area contributed by atoms with Crippen molar-refractivity contribution in [1.82, 2.24) is 10.6 Å². The van der Waals surface area contributed by atoms with Gasteiger partial charge in [-0.2, -0.15) is 0 Å². The van der Waals surface area contributed by atoms with Gasteiger partial charge in [-0.15, -0.1) is 0 Å². The first-order valence-corrected chi connectivity index (χ1v) is 8.60. The van der Waals surface area contributed by atoms with Gasteiger partial charge in [0.05, 0.1) is 19.6 Å². The molecule has 0 saturated carbocycles. The summed E-state index contributed by atoms with van der Waals surface area (Å²) in [6.07, 6.45) is -0.122. The lowest BCUT2D eigenvalue weighted by atomic mass is 10.1. The Hall–Kier alpha value is -3.22. The molecule has 0 radical (unpaired) electrons. The zero-order chi connectivity index (χ0) is 19.6. The molecular weight excluding hydrogens is 348 g/mol. The fourth-order valence-electron chi connectivity index (χ4n) is 2.42. The SMILES string of the molecule is COc1cc(C(C)NC(=O)NCCC(=O)O)ccc1OCc1ccccc1. The minimum absolute atomic E-state index is 0.0729. The number of benzene rings is 2. The third kappa shape index (κ3) is 6.54. The molecule has 7 nitrogen and oxygen atoms in total. The highest BCUT2D eigenvalue weighted by Crippen LogP contribution is 2.31. The van der Waals surface area contributed by atoms with E-state index in [1.165, 1.54) is 0 Å². The van der Waals surface area contributed by atoms with E-state index in [0.29, 0.717) is 18.1 Å². The molecule has 0 fully saturated rings. The van der Waals surface area contributed by atoms with E-state index in [2.05, 4.69) is 10.6 Å². The van der Waals surface area contributed by atoms with Crippen LogP contribution in [-0.4, -0.2) is 30.8 Å². The normalized spacial score (nSPS) is 11.3. The fourth-order valence-corrected chi connectivity index (χ4v) is 2.42. The van der Waals surface area contributed by atoms with E-state index in [1.54, 1.807) is 13.2 Å². The predicted molar refractivity (Wildman–Crippen MR) is 101 cm³/mol. The monoisotopic (exact) mass is 372 g/mol. The molecule has 0 aliphatic rings. The fraction of sp³-hybridized carbons (Fsp3) is 0.300. The summed E-state index contributed by atoms with van der Waals surface area (Å²) in [6, 6.07) is 14.6. The average molecular weight is 372 g/mol. The number of nitrogens with one attached hydrogen (secondary N) is 2. The maximum Gasteiger partial charge on any atom is 0.315 e. The quantitative estimate of drug-likeness (QED) is 0.628. The van der Waals surface area contributed by atoms with Gasteiger partial charge in [-0.25, -0.2) is 4.79 Å². The van der Waals surface area contributed by atoms with E-state index < -0.39 is 12.0 Å². The molecule has 0 saturated heterocycles. The summed E-state index contributed by atoms with van der Waals surface area (Å²) in [5.41, 5.74) is 1.89. The molecule has 1 unspecified atom stereocenters. The smallest absolute Gasteiger partial charge is 0.315 e. The zero-order valence-corrected chi connectivity index (χ0v) is 15.4. The van der Waals surface area contributed by atoms with Crippen LogP contribution in [0.4, 0.5) is 4.79 Å². The maximum atomic E-state index is 11.8. The minimum Gasteiger partial charge on any atom is -0.493 e. The Kier molecular flexibility index (Phi) is 7.49. The standard InChI is InChI=1S/C20H24N2O5/c1-14(22-20(25)21-11-10-19(23)24)16-8-9-17(18(12-16)26-2)27-13-15-6-4-3-5-7-15/h3-9,12,14H,10-11,13H2,1-2H3,(H,23,24)(H2,21,22,25). The summed E-state index contributed by atoms with van der Waals surface area (Å²) in [6.45, 7) is 2.33. The van der Waals surface area contributed by atoms with Gasteiger partial charge in [-0.05, 0) is 30.2 Å². The van der Waals surface area contributed by atoms with Crippen molar-refractivity contribution in [3.8, 4) is 11.5 Å². The van der Waals surface area contributed by atoms with Crippen molar-refractivity contribution < 1.29 is 24.2 Å². The average Bonchev–Trinajstić information content (AvgIpc) is 2.66. The Balaban J connectivity index is 1.95. The Morgan fingerprint density at radius 3 is 2.52 bits per heavy atom. The first-order valence-electron chi connectivity index (χ1n) is 8.60. The maximum absolute atomic E-state index is 11.8. The van der Waals surface area contributed by atoms with Gasteiger partial charge in [0.2, 0.25) is 0 Å². The first-order chi connectivity index (χ1) is 13.0. The number of aliphatic carboxylic acids is 1. The van der Waals surface area contributed by atoms with Crippen molar-refractivity contribution in [3.63, 3.8) is 0 Å². The number of methoxy groups -OCH3 is 1. The highest BCUT2D eigenvalue weighted by Gasteiger charge is 2.13. The van der Waals surface area contributed by atoms with Crippen molar-refractivity contribution in [1.29, 1.82) is 0 Å². The lowest BCUT2D eigenvalue weighted by molar-refractivity contribution is -0.136. The van der Waals surface area contributed by atoms with Crippen LogP contribution in [0.15, 0.2) is 48.5 Å². The molecule has 2 rings (SSSR count). The predicted octanol–water partition coefficient (Wildman–Crippen LogP) is 3.11. The number of rotatable bonds is 9. The van der Waals surface area contributed by atoms with Crippen LogP contribution in [0.2, 0.25) is 0 Å². The van der Waals surface area contributed by atoms with Crippen LogP contribution in [0, 0.1) is 0 Å². The number of carboxylic acid groups (broad SMARTS) is 1. The molecule has 27 heavy (non-hydrogen) atoms. The highest BCUT2D eigenvalue weighted by atomic mass is 16.5. The van der Waals surface area contributed by atoms with E-state index in [4.69, 9.17) is 14.6 Å². The van der Waals surface area contributed by atoms with Crippen molar-refractivity contribution in [2.24, 2.45) is 0 Å². The number of hydrogen-bond donors (Lipinski definition) is 3. The summed E-state index contributed by atoms with van der Waals surface area (Å²) >= 11 is 0. The van der Waals surface area contributed by atoms with Gasteiger partial charge in [-0.1, -0.05) is 36.4 Å². The Bertz CT molecular complexity index is 764. The summed E-state index contributed by atoms with van der Waals surface area (Å²) in [4.78, 5) is 22.3. The molecule has 2 amide bonds. The van der Waals surface area contributed by atoms with Crippen molar-refractivity contribution in [2.45, 2.75) is 26.0 Å². The number of carbonyl (C=O) groups excluding carboxylic acids is 1. The van der Waals surface area contributed by atoms with Gasteiger partial charge < -0.3 is 25.2 Å². The molecule has 7 heteroatoms. The largest absolute Gasteiger partial charge is 0.493 e. The minimum atomic E-state index is -0.959. The van der Waals surface area contributed by atoms with E-state index in [-0.39, 0.29) is 19.0 Å². The molecule has 2 aromatic rings. The molecule has 3 N–H and O–H groups in total. The summed E-state index contributed by atoms with van der Waals surface area (Å²) in [5, 5.41) is 13.9. The van der Waals surface area contributed by atoms with Crippen molar-refractivity contribution >= 4 is 12.0 Å².